The molecule has 92 valence electrons. The quantitative estimate of drug-likeness (QED) is 0.863. The van der Waals surface area contributed by atoms with Crippen LogP contribution < -0.4 is 5.32 Å². The van der Waals surface area contributed by atoms with E-state index in [4.69, 9.17) is 4.74 Å². The minimum atomic E-state index is 0.0670. The maximum Gasteiger partial charge on any atom is 0.0779 e. The van der Waals surface area contributed by atoms with E-state index >= 15 is 0 Å². The summed E-state index contributed by atoms with van der Waals surface area (Å²) in [6.45, 7) is 4.14. The summed E-state index contributed by atoms with van der Waals surface area (Å²) in [5.41, 5.74) is 3.08. The summed E-state index contributed by atoms with van der Waals surface area (Å²) in [4.78, 5) is 0. The van der Waals surface area contributed by atoms with Crippen LogP contribution in [0.2, 0.25) is 0 Å². The molecule has 0 saturated carbocycles. The van der Waals surface area contributed by atoms with Crippen LogP contribution in [0.1, 0.15) is 43.4 Å². The zero-order valence-electron chi connectivity index (χ0n) is 10.5. The Hall–Kier alpha value is -0.860. The molecule has 0 amide bonds. The molecule has 17 heavy (non-hydrogen) atoms. The van der Waals surface area contributed by atoms with Crippen molar-refractivity contribution in [3.8, 4) is 0 Å². The predicted molar refractivity (Wildman–Crippen MR) is 69.1 cm³/mol. The molecule has 0 bridgehead atoms. The van der Waals surface area contributed by atoms with Gasteiger partial charge < -0.3 is 10.1 Å². The number of nitrogens with one attached hydrogen (secondary N) is 1. The highest BCUT2D eigenvalue weighted by molar-refractivity contribution is 5.34. The van der Waals surface area contributed by atoms with Crippen molar-refractivity contribution in [2.24, 2.45) is 0 Å². The summed E-state index contributed by atoms with van der Waals surface area (Å²) in [5, 5.41) is 3.70. The smallest absolute Gasteiger partial charge is 0.0779 e. The van der Waals surface area contributed by atoms with E-state index in [-0.39, 0.29) is 5.60 Å². The van der Waals surface area contributed by atoms with Gasteiger partial charge in [0.2, 0.25) is 0 Å². The van der Waals surface area contributed by atoms with Crippen LogP contribution in [0.4, 0.5) is 0 Å². The maximum absolute atomic E-state index is 5.83. The monoisotopic (exact) mass is 231 g/mol. The Kier molecular flexibility index (Phi) is 2.93. The van der Waals surface area contributed by atoms with Crippen molar-refractivity contribution in [1.29, 1.82) is 0 Å². The van der Waals surface area contributed by atoms with Gasteiger partial charge in [-0.25, -0.2) is 0 Å². The lowest BCUT2D eigenvalue weighted by Gasteiger charge is -2.26. The number of benzene rings is 1. The molecule has 3 rings (SSSR count). The van der Waals surface area contributed by atoms with E-state index < -0.39 is 0 Å². The SMILES string of the molecule is CC1(CNC2CCc3ccccc32)CCCO1. The van der Waals surface area contributed by atoms with Crippen LogP contribution in [-0.2, 0) is 11.2 Å². The Morgan fingerprint density at radius 3 is 3.12 bits per heavy atom. The second-order valence-corrected chi connectivity index (χ2v) is 5.57. The fourth-order valence-corrected chi connectivity index (χ4v) is 3.08. The molecule has 0 spiro atoms. The van der Waals surface area contributed by atoms with E-state index in [1.54, 1.807) is 0 Å². The molecule has 1 fully saturated rings. The van der Waals surface area contributed by atoms with Crippen molar-refractivity contribution in [3.05, 3.63) is 35.4 Å². The number of aryl methyl sites for hydroxylation is 1. The summed E-state index contributed by atoms with van der Waals surface area (Å²) in [5.74, 6) is 0. The van der Waals surface area contributed by atoms with E-state index in [0.29, 0.717) is 6.04 Å². The summed E-state index contributed by atoms with van der Waals surface area (Å²) >= 11 is 0. The Morgan fingerprint density at radius 2 is 2.29 bits per heavy atom. The average Bonchev–Trinajstić information content (AvgIpc) is 2.94. The molecule has 2 aliphatic rings. The highest BCUT2D eigenvalue weighted by Gasteiger charge is 2.31. The Balaban J connectivity index is 1.64. The first-order chi connectivity index (χ1) is 8.27. The molecule has 0 aromatic heterocycles. The van der Waals surface area contributed by atoms with Gasteiger partial charge in [0.1, 0.15) is 0 Å². The van der Waals surface area contributed by atoms with E-state index in [9.17, 15) is 0 Å². The lowest BCUT2D eigenvalue weighted by atomic mass is 10.0. The molecule has 1 aromatic carbocycles. The molecule has 2 unspecified atom stereocenters. The molecule has 0 radical (unpaired) electrons. The molecule has 2 heteroatoms. The van der Waals surface area contributed by atoms with E-state index in [1.807, 2.05) is 0 Å². The standard InChI is InChI=1S/C15H21NO/c1-15(9-4-10-17-15)11-16-14-8-7-12-5-2-3-6-13(12)14/h2-3,5-6,14,16H,4,7-11H2,1H3. The van der Waals surface area contributed by atoms with Gasteiger partial charge in [0, 0.05) is 19.2 Å². The first-order valence-electron chi connectivity index (χ1n) is 6.72. The minimum Gasteiger partial charge on any atom is -0.374 e. The third kappa shape index (κ3) is 2.24. The van der Waals surface area contributed by atoms with Crippen LogP contribution in [0, 0.1) is 0 Å². The average molecular weight is 231 g/mol. The van der Waals surface area contributed by atoms with Gasteiger partial charge in [-0.15, -0.1) is 0 Å². The zero-order valence-corrected chi connectivity index (χ0v) is 10.5. The zero-order chi connectivity index (χ0) is 11.7. The lowest BCUT2D eigenvalue weighted by Crippen LogP contribution is -2.38. The molecule has 1 aromatic rings. The first-order valence-corrected chi connectivity index (χ1v) is 6.72. The number of hydrogen-bond acceptors (Lipinski definition) is 2. The van der Waals surface area contributed by atoms with Crippen LogP contribution >= 0.6 is 0 Å². The van der Waals surface area contributed by atoms with Gasteiger partial charge in [-0.3, -0.25) is 0 Å². The van der Waals surface area contributed by atoms with Gasteiger partial charge in [-0.2, -0.15) is 0 Å². The van der Waals surface area contributed by atoms with Crippen molar-refractivity contribution in [2.75, 3.05) is 13.2 Å². The summed E-state index contributed by atoms with van der Waals surface area (Å²) in [7, 11) is 0. The molecular formula is C15H21NO. The predicted octanol–water partition coefficient (Wildman–Crippen LogP) is 2.83. The van der Waals surface area contributed by atoms with Crippen molar-refractivity contribution in [3.63, 3.8) is 0 Å². The molecular weight excluding hydrogens is 210 g/mol. The summed E-state index contributed by atoms with van der Waals surface area (Å²) in [6, 6.07) is 9.34. The van der Waals surface area contributed by atoms with Crippen LogP contribution in [-0.4, -0.2) is 18.8 Å². The van der Waals surface area contributed by atoms with E-state index in [0.717, 1.165) is 13.2 Å². The largest absolute Gasteiger partial charge is 0.374 e. The van der Waals surface area contributed by atoms with Gasteiger partial charge in [-0.1, -0.05) is 24.3 Å². The third-order valence-corrected chi connectivity index (χ3v) is 4.16. The van der Waals surface area contributed by atoms with Gasteiger partial charge in [-0.05, 0) is 43.7 Å². The highest BCUT2D eigenvalue weighted by atomic mass is 16.5. The fraction of sp³-hybridized carbons (Fsp3) is 0.600. The second kappa shape index (κ2) is 4.43. The van der Waals surface area contributed by atoms with Crippen molar-refractivity contribution in [2.45, 2.75) is 44.2 Å². The van der Waals surface area contributed by atoms with Gasteiger partial charge in [0.15, 0.2) is 0 Å². The lowest BCUT2D eigenvalue weighted by molar-refractivity contribution is 0.0187. The Morgan fingerprint density at radius 1 is 1.41 bits per heavy atom. The third-order valence-electron chi connectivity index (χ3n) is 4.16. The number of ether oxygens (including phenoxy) is 1. The molecule has 1 N–H and O–H groups in total. The molecule has 1 heterocycles. The van der Waals surface area contributed by atoms with Crippen LogP contribution in [0.25, 0.3) is 0 Å². The van der Waals surface area contributed by atoms with Crippen molar-refractivity contribution >= 4 is 0 Å². The van der Waals surface area contributed by atoms with Gasteiger partial charge in [0.25, 0.3) is 0 Å². The van der Waals surface area contributed by atoms with Crippen molar-refractivity contribution in [1.82, 2.24) is 5.32 Å². The van der Waals surface area contributed by atoms with Gasteiger partial charge in [0.05, 0.1) is 5.60 Å². The Bertz CT molecular complexity index is 396. The van der Waals surface area contributed by atoms with Crippen LogP contribution in [0.15, 0.2) is 24.3 Å². The minimum absolute atomic E-state index is 0.0670. The molecule has 2 atom stereocenters. The number of fused-ring (bicyclic) bond motifs is 1. The fourth-order valence-electron chi connectivity index (χ4n) is 3.08. The van der Waals surface area contributed by atoms with Crippen LogP contribution in [0.5, 0.6) is 0 Å². The first kappa shape index (κ1) is 11.2. The number of hydrogen-bond donors (Lipinski definition) is 1. The summed E-state index contributed by atoms with van der Waals surface area (Å²) < 4.78 is 5.83. The molecule has 1 saturated heterocycles. The van der Waals surface area contributed by atoms with Crippen LogP contribution in [0.3, 0.4) is 0 Å². The number of rotatable bonds is 3. The van der Waals surface area contributed by atoms with E-state index in [1.165, 1.54) is 36.8 Å². The maximum atomic E-state index is 5.83. The Labute approximate surface area is 103 Å². The van der Waals surface area contributed by atoms with Crippen molar-refractivity contribution < 1.29 is 4.74 Å². The topological polar surface area (TPSA) is 21.3 Å². The normalized spacial score (nSPS) is 31.7. The highest BCUT2D eigenvalue weighted by Crippen LogP contribution is 2.32. The second-order valence-electron chi connectivity index (χ2n) is 5.57. The molecule has 2 nitrogen and oxygen atoms in total. The molecule has 1 aliphatic heterocycles. The summed E-state index contributed by atoms with van der Waals surface area (Å²) in [6.07, 6.45) is 4.84. The molecule has 1 aliphatic carbocycles. The van der Waals surface area contributed by atoms with Gasteiger partial charge >= 0.3 is 0 Å². The van der Waals surface area contributed by atoms with E-state index in [2.05, 4.69) is 36.5 Å².